The number of hydrogen-bond donors (Lipinski definition) is 2. The topological polar surface area (TPSA) is 67.4 Å². The fourth-order valence-corrected chi connectivity index (χ4v) is 1.22. The molecule has 0 aromatic rings. The SMILES string of the molecule is COC(=O)C[C@@H]1CNC(=O)CCN1. The van der Waals surface area contributed by atoms with Gasteiger partial charge in [-0.3, -0.25) is 9.59 Å². The summed E-state index contributed by atoms with van der Waals surface area (Å²) in [6.07, 6.45) is 0.772. The first kappa shape index (κ1) is 9.98. The number of nitrogens with one attached hydrogen (secondary N) is 2. The van der Waals surface area contributed by atoms with Crippen molar-refractivity contribution in [2.24, 2.45) is 0 Å². The summed E-state index contributed by atoms with van der Waals surface area (Å²) >= 11 is 0. The maximum Gasteiger partial charge on any atom is 0.307 e. The standard InChI is InChI=1S/C8H14N2O3/c1-13-8(12)4-6-5-10-7(11)2-3-9-6/h6,9H,2-5H2,1H3,(H,10,11)/t6-/m1/s1. The van der Waals surface area contributed by atoms with Gasteiger partial charge < -0.3 is 15.4 Å². The molecule has 0 bridgehead atoms. The molecule has 13 heavy (non-hydrogen) atoms. The zero-order valence-corrected chi connectivity index (χ0v) is 7.63. The lowest BCUT2D eigenvalue weighted by Gasteiger charge is -2.13. The monoisotopic (exact) mass is 186 g/mol. The first-order valence-electron chi connectivity index (χ1n) is 4.29. The number of hydrogen-bond acceptors (Lipinski definition) is 4. The predicted molar refractivity (Wildman–Crippen MR) is 46.1 cm³/mol. The first-order valence-corrected chi connectivity index (χ1v) is 4.29. The van der Waals surface area contributed by atoms with Gasteiger partial charge in [0.05, 0.1) is 13.5 Å². The highest BCUT2D eigenvalue weighted by Gasteiger charge is 2.17. The second-order valence-corrected chi connectivity index (χ2v) is 2.99. The van der Waals surface area contributed by atoms with Gasteiger partial charge in [0.2, 0.25) is 5.91 Å². The summed E-state index contributed by atoms with van der Waals surface area (Å²) in [5.41, 5.74) is 0. The first-order chi connectivity index (χ1) is 6.22. The minimum absolute atomic E-state index is 0.00102. The van der Waals surface area contributed by atoms with Gasteiger partial charge in [0.15, 0.2) is 0 Å². The quantitative estimate of drug-likeness (QED) is 0.544. The number of rotatable bonds is 2. The molecule has 0 aromatic heterocycles. The molecule has 1 rings (SSSR count). The van der Waals surface area contributed by atoms with Crippen LogP contribution in [0.3, 0.4) is 0 Å². The third-order valence-corrected chi connectivity index (χ3v) is 1.97. The Morgan fingerprint density at radius 1 is 1.69 bits per heavy atom. The largest absolute Gasteiger partial charge is 0.469 e. The van der Waals surface area contributed by atoms with Crippen molar-refractivity contribution in [2.75, 3.05) is 20.2 Å². The zero-order chi connectivity index (χ0) is 9.68. The summed E-state index contributed by atoms with van der Waals surface area (Å²) < 4.78 is 4.53. The minimum atomic E-state index is -0.256. The lowest BCUT2D eigenvalue weighted by atomic mass is 10.2. The maximum absolute atomic E-state index is 10.9. The normalized spacial score (nSPS) is 23.2. The van der Waals surface area contributed by atoms with Crippen LogP contribution in [0.2, 0.25) is 0 Å². The Morgan fingerprint density at radius 3 is 3.15 bits per heavy atom. The van der Waals surface area contributed by atoms with E-state index in [4.69, 9.17) is 0 Å². The lowest BCUT2D eigenvalue weighted by Crippen LogP contribution is -2.37. The van der Waals surface area contributed by atoms with Crippen LogP contribution in [0.15, 0.2) is 0 Å². The molecule has 0 spiro atoms. The average Bonchev–Trinajstić information content (AvgIpc) is 2.31. The van der Waals surface area contributed by atoms with Crippen molar-refractivity contribution in [3.8, 4) is 0 Å². The molecular weight excluding hydrogens is 172 g/mol. The number of esters is 1. The van der Waals surface area contributed by atoms with E-state index < -0.39 is 0 Å². The van der Waals surface area contributed by atoms with Crippen molar-refractivity contribution in [2.45, 2.75) is 18.9 Å². The zero-order valence-electron chi connectivity index (χ0n) is 7.63. The van der Waals surface area contributed by atoms with Crippen LogP contribution in [0.1, 0.15) is 12.8 Å². The Kier molecular flexibility index (Phi) is 3.70. The van der Waals surface area contributed by atoms with E-state index in [9.17, 15) is 9.59 Å². The number of carbonyl (C=O) groups excluding carboxylic acids is 2. The lowest BCUT2D eigenvalue weighted by molar-refractivity contribution is -0.141. The molecule has 5 heteroatoms. The predicted octanol–water partition coefficient (Wildman–Crippen LogP) is -0.972. The molecule has 74 valence electrons. The van der Waals surface area contributed by atoms with E-state index >= 15 is 0 Å². The highest BCUT2D eigenvalue weighted by atomic mass is 16.5. The Hall–Kier alpha value is -1.10. The second-order valence-electron chi connectivity index (χ2n) is 2.99. The smallest absolute Gasteiger partial charge is 0.307 e. The molecule has 1 heterocycles. The summed E-state index contributed by atoms with van der Waals surface area (Å²) in [7, 11) is 1.36. The van der Waals surface area contributed by atoms with Crippen LogP contribution >= 0.6 is 0 Å². The summed E-state index contributed by atoms with van der Waals surface area (Å²) in [5.74, 6) is -0.228. The van der Waals surface area contributed by atoms with Crippen LogP contribution in [0.5, 0.6) is 0 Å². The summed E-state index contributed by atoms with van der Waals surface area (Å²) in [6, 6.07) is -0.00102. The second kappa shape index (κ2) is 4.81. The molecule has 0 radical (unpaired) electrons. The molecule has 1 amide bonds. The van der Waals surface area contributed by atoms with Gasteiger partial charge in [-0.15, -0.1) is 0 Å². The van der Waals surface area contributed by atoms with Gasteiger partial charge in [0.25, 0.3) is 0 Å². The molecular formula is C8H14N2O3. The van der Waals surface area contributed by atoms with Gasteiger partial charge in [-0.05, 0) is 0 Å². The minimum Gasteiger partial charge on any atom is -0.469 e. The van der Waals surface area contributed by atoms with Crippen molar-refractivity contribution in [1.82, 2.24) is 10.6 Å². The van der Waals surface area contributed by atoms with Crippen LogP contribution < -0.4 is 10.6 Å². The molecule has 0 saturated carbocycles. The molecule has 1 aliphatic heterocycles. The van der Waals surface area contributed by atoms with E-state index in [0.29, 0.717) is 25.9 Å². The van der Waals surface area contributed by atoms with Gasteiger partial charge in [0, 0.05) is 25.6 Å². The van der Waals surface area contributed by atoms with Crippen LogP contribution in [0.25, 0.3) is 0 Å². The van der Waals surface area contributed by atoms with E-state index in [1.165, 1.54) is 7.11 Å². The van der Waals surface area contributed by atoms with Crippen molar-refractivity contribution in [3.05, 3.63) is 0 Å². The van der Waals surface area contributed by atoms with E-state index in [1.54, 1.807) is 0 Å². The van der Waals surface area contributed by atoms with Crippen molar-refractivity contribution in [3.63, 3.8) is 0 Å². The molecule has 5 nitrogen and oxygen atoms in total. The molecule has 1 atom stereocenters. The highest BCUT2D eigenvalue weighted by Crippen LogP contribution is 1.97. The number of methoxy groups -OCH3 is 1. The summed E-state index contributed by atoms with van der Waals surface area (Å²) in [4.78, 5) is 21.8. The molecule has 0 unspecified atom stereocenters. The molecule has 2 N–H and O–H groups in total. The average molecular weight is 186 g/mol. The fourth-order valence-electron chi connectivity index (χ4n) is 1.22. The Labute approximate surface area is 76.8 Å². The van der Waals surface area contributed by atoms with Gasteiger partial charge in [-0.1, -0.05) is 0 Å². The molecule has 0 aromatic carbocycles. The van der Waals surface area contributed by atoms with Gasteiger partial charge in [-0.25, -0.2) is 0 Å². The Bertz CT molecular complexity index is 206. The van der Waals surface area contributed by atoms with Gasteiger partial charge in [-0.2, -0.15) is 0 Å². The number of carbonyl (C=O) groups is 2. The van der Waals surface area contributed by atoms with Crippen LogP contribution in [-0.4, -0.2) is 38.1 Å². The van der Waals surface area contributed by atoms with E-state index in [0.717, 1.165) is 0 Å². The maximum atomic E-state index is 10.9. The summed E-state index contributed by atoms with van der Waals surface area (Å²) in [6.45, 7) is 1.11. The number of ether oxygens (including phenoxy) is 1. The van der Waals surface area contributed by atoms with Crippen molar-refractivity contribution in [1.29, 1.82) is 0 Å². The van der Waals surface area contributed by atoms with E-state index in [1.807, 2.05) is 0 Å². The van der Waals surface area contributed by atoms with Crippen LogP contribution in [0, 0.1) is 0 Å². The van der Waals surface area contributed by atoms with Crippen LogP contribution in [-0.2, 0) is 14.3 Å². The van der Waals surface area contributed by atoms with Gasteiger partial charge in [0.1, 0.15) is 0 Å². The summed E-state index contributed by atoms with van der Waals surface area (Å²) in [5, 5.41) is 5.81. The Balaban J connectivity index is 2.33. The third-order valence-electron chi connectivity index (χ3n) is 1.97. The molecule has 0 aliphatic carbocycles. The van der Waals surface area contributed by atoms with Gasteiger partial charge >= 0.3 is 5.97 Å². The van der Waals surface area contributed by atoms with E-state index in [-0.39, 0.29) is 17.9 Å². The fraction of sp³-hybridized carbons (Fsp3) is 0.750. The Morgan fingerprint density at radius 2 is 2.46 bits per heavy atom. The molecule has 1 fully saturated rings. The third kappa shape index (κ3) is 3.42. The molecule has 1 aliphatic rings. The van der Waals surface area contributed by atoms with Crippen molar-refractivity contribution < 1.29 is 14.3 Å². The number of amides is 1. The molecule has 1 saturated heterocycles. The van der Waals surface area contributed by atoms with Crippen molar-refractivity contribution >= 4 is 11.9 Å². The van der Waals surface area contributed by atoms with Crippen LogP contribution in [0.4, 0.5) is 0 Å². The highest BCUT2D eigenvalue weighted by molar-refractivity contribution is 5.76. The van der Waals surface area contributed by atoms with E-state index in [2.05, 4.69) is 15.4 Å².